The van der Waals surface area contributed by atoms with Crippen LogP contribution in [-0.2, 0) is 12.8 Å². The Morgan fingerprint density at radius 3 is 2.32 bits per heavy atom. The van der Waals surface area contributed by atoms with E-state index >= 15 is 0 Å². The summed E-state index contributed by atoms with van der Waals surface area (Å²) in [5.74, 6) is -0.545. The minimum atomic E-state index is -0.315. The smallest absolute Gasteiger partial charge is 0.267 e. The molecule has 0 spiro atoms. The lowest BCUT2D eigenvalue weighted by atomic mass is 9.97. The second-order valence-electron chi connectivity index (χ2n) is 8.62. The fourth-order valence-electron chi connectivity index (χ4n) is 4.68. The third-order valence-corrected chi connectivity index (χ3v) is 8.56. The topological polar surface area (TPSA) is 72.3 Å². The van der Waals surface area contributed by atoms with Gasteiger partial charge in [-0.05, 0) is 62.4 Å². The molecule has 170 valence electrons. The molecule has 0 N–H and O–H groups in total. The van der Waals surface area contributed by atoms with Crippen LogP contribution in [0.15, 0.2) is 58.5 Å². The van der Waals surface area contributed by atoms with Crippen LogP contribution in [0, 0.1) is 6.92 Å². The Morgan fingerprint density at radius 2 is 1.62 bits per heavy atom. The molecule has 0 unspecified atom stereocenters. The molecule has 0 saturated heterocycles. The Morgan fingerprint density at radius 1 is 0.941 bits per heavy atom. The molecule has 0 saturated carbocycles. The second-order valence-corrected chi connectivity index (χ2v) is 10.6. The summed E-state index contributed by atoms with van der Waals surface area (Å²) in [5, 5.41) is 1.20. The molecule has 6 nitrogen and oxygen atoms in total. The van der Waals surface area contributed by atoms with Gasteiger partial charge in [-0.25, -0.2) is 4.98 Å². The third-order valence-electron chi connectivity index (χ3n) is 6.45. The van der Waals surface area contributed by atoms with E-state index in [-0.39, 0.29) is 23.3 Å². The summed E-state index contributed by atoms with van der Waals surface area (Å²) in [4.78, 5) is 47.6. The van der Waals surface area contributed by atoms with E-state index in [1.54, 1.807) is 40.2 Å². The molecule has 0 fully saturated rings. The summed E-state index contributed by atoms with van der Waals surface area (Å²) in [6.45, 7) is 2.00. The van der Waals surface area contributed by atoms with Crippen molar-refractivity contribution in [2.75, 3.05) is 5.88 Å². The number of hydrogen-bond donors (Lipinski definition) is 0. The van der Waals surface area contributed by atoms with Gasteiger partial charge < -0.3 is 0 Å². The average molecular weight is 488 g/mol. The molecular weight excluding hydrogens is 466 g/mol. The molecule has 0 atom stereocenters. The van der Waals surface area contributed by atoms with E-state index in [9.17, 15) is 14.4 Å². The number of carbonyl (C=O) groups is 2. The molecule has 2 aromatic carbocycles. The van der Waals surface area contributed by atoms with Gasteiger partial charge in [-0.15, -0.1) is 11.3 Å². The number of fused-ring (bicyclic) bond motifs is 4. The normalized spacial score (nSPS) is 15.1. The largest absolute Gasteiger partial charge is 0.269 e. The van der Waals surface area contributed by atoms with Crippen LogP contribution < -0.4 is 5.56 Å². The van der Waals surface area contributed by atoms with Gasteiger partial charge in [-0.3, -0.25) is 23.9 Å². The lowest BCUT2D eigenvalue weighted by molar-refractivity contribution is 0.0684. The van der Waals surface area contributed by atoms with Crippen molar-refractivity contribution in [1.29, 1.82) is 0 Å². The minimum absolute atomic E-state index is 0.0846. The minimum Gasteiger partial charge on any atom is -0.269 e. The van der Waals surface area contributed by atoms with Crippen molar-refractivity contribution in [3.8, 4) is 5.69 Å². The van der Waals surface area contributed by atoms with Crippen molar-refractivity contribution in [2.45, 2.75) is 37.8 Å². The number of aromatic nitrogens is 2. The molecule has 4 aromatic rings. The number of thioether (sulfide) groups is 1. The number of hydrogen-bond acceptors (Lipinski definition) is 6. The summed E-state index contributed by atoms with van der Waals surface area (Å²) in [6, 6.07) is 14.6. The molecule has 2 aromatic heterocycles. The molecule has 0 radical (unpaired) electrons. The van der Waals surface area contributed by atoms with Crippen molar-refractivity contribution < 1.29 is 9.59 Å². The van der Waals surface area contributed by atoms with Crippen LogP contribution in [0.5, 0.6) is 0 Å². The van der Waals surface area contributed by atoms with E-state index in [1.807, 2.05) is 31.2 Å². The molecule has 2 amide bonds. The first-order valence-corrected chi connectivity index (χ1v) is 13.1. The highest BCUT2D eigenvalue weighted by Gasteiger charge is 2.35. The standard InChI is InChI=1S/C26H21N3O3S2/c1-15-10-12-16(13-11-15)29-25(32)21-19-8-4-5-9-20(19)34-22(21)27-26(29)33-14-28-23(30)17-6-2-3-7-18(17)24(28)31/h2-3,6-7,10-13H,4-5,8-9,14H2,1H3. The first kappa shape index (κ1) is 21.3. The maximum Gasteiger partial charge on any atom is 0.267 e. The van der Waals surface area contributed by atoms with Crippen molar-refractivity contribution in [3.63, 3.8) is 0 Å². The fraction of sp³-hybridized carbons (Fsp3) is 0.231. The van der Waals surface area contributed by atoms with Gasteiger partial charge in [-0.1, -0.05) is 41.6 Å². The molecule has 3 heterocycles. The van der Waals surface area contributed by atoms with Crippen LogP contribution >= 0.6 is 23.1 Å². The summed E-state index contributed by atoms with van der Waals surface area (Å²) in [7, 11) is 0. The monoisotopic (exact) mass is 487 g/mol. The predicted molar refractivity (Wildman–Crippen MR) is 134 cm³/mol. The van der Waals surface area contributed by atoms with Crippen LogP contribution in [0.3, 0.4) is 0 Å². The molecule has 8 heteroatoms. The summed E-state index contributed by atoms with van der Waals surface area (Å²) < 4.78 is 1.63. The Labute approximate surface area is 204 Å². The Kier molecular flexibility index (Phi) is 5.15. The van der Waals surface area contributed by atoms with Gasteiger partial charge >= 0.3 is 0 Å². The maximum atomic E-state index is 13.8. The third kappa shape index (κ3) is 3.32. The fourth-order valence-corrected chi connectivity index (χ4v) is 6.95. The van der Waals surface area contributed by atoms with E-state index in [2.05, 4.69) is 0 Å². The number of amides is 2. The number of imide groups is 1. The van der Waals surface area contributed by atoms with Gasteiger partial charge in [-0.2, -0.15) is 0 Å². The van der Waals surface area contributed by atoms with Gasteiger partial charge in [0.05, 0.1) is 28.1 Å². The molecule has 34 heavy (non-hydrogen) atoms. The number of thiophene rings is 1. The summed E-state index contributed by atoms with van der Waals surface area (Å²) in [5.41, 5.74) is 3.71. The first-order valence-electron chi connectivity index (χ1n) is 11.3. The van der Waals surface area contributed by atoms with Crippen LogP contribution in [-0.4, -0.2) is 32.1 Å². The van der Waals surface area contributed by atoms with E-state index in [4.69, 9.17) is 4.98 Å². The Hall–Kier alpha value is -3.23. The Balaban J connectivity index is 1.44. The number of rotatable bonds is 4. The van der Waals surface area contributed by atoms with E-state index in [1.165, 1.54) is 21.5 Å². The van der Waals surface area contributed by atoms with E-state index in [0.717, 1.165) is 47.3 Å². The highest BCUT2D eigenvalue weighted by atomic mass is 32.2. The molecule has 6 rings (SSSR count). The van der Waals surface area contributed by atoms with Gasteiger partial charge in [0.15, 0.2) is 5.16 Å². The maximum absolute atomic E-state index is 13.8. The van der Waals surface area contributed by atoms with Crippen molar-refractivity contribution in [1.82, 2.24) is 14.5 Å². The van der Waals surface area contributed by atoms with Gasteiger partial charge in [0.25, 0.3) is 17.4 Å². The van der Waals surface area contributed by atoms with Gasteiger partial charge in [0.2, 0.25) is 0 Å². The summed E-state index contributed by atoms with van der Waals surface area (Å²) >= 11 is 2.84. The quantitative estimate of drug-likeness (QED) is 0.231. The van der Waals surface area contributed by atoms with Gasteiger partial charge in [0.1, 0.15) is 4.83 Å². The van der Waals surface area contributed by atoms with Gasteiger partial charge in [0, 0.05) is 4.88 Å². The number of benzene rings is 2. The highest BCUT2D eigenvalue weighted by molar-refractivity contribution is 7.99. The number of aryl methyl sites for hydroxylation is 3. The van der Waals surface area contributed by atoms with E-state index < -0.39 is 0 Å². The second kappa shape index (κ2) is 8.21. The van der Waals surface area contributed by atoms with Crippen LogP contribution in [0.25, 0.3) is 15.9 Å². The zero-order valence-corrected chi connectivity index (χ0v) is 20.2. The highest BCUT2D eigenvalue weighted by Crippen LogP contribution is 2.36. The lowest BCUT2D eigenvalue weighted by Gasteiger charge is -2.16. The van der Waals surface area contributed by atoms with E-state index in [0.29, 0.717) is 21.7 Å². The van der Waals surface area contributed by atoms with Crippen LogP contribution in [0.2, 0.25) is 0 Å². The number of nitrogens with zero attached hydrogens (tertiary/aromatic N) is 3. The number of carbonyl (C=O) groups excluding carboxylic acids is 2. The lowest BCUT2D eigenvalue weighted by Crippen LogP contribution is -2.30. The predicted octanol–water partition coefficient (Wildman–Crippen LogP) is 4.98. The zero-order chi connectivity index (χ0) is 23.4. The van der Waals surface area contributed by atoms with Crippen molar-refractivity contribution in [2.24, 2.45) is 0 Å². The molecule has 1 aliphatic heterocycles. The van der Waals surface area contributed by atoms with Crippen LogP contribution in [0.1, 0.15) is 49.6 Å². The Bertz CT molecular complexity index is 1500. The summed E-state index contributed by atoms with van der Waals surface area (Å²) in [6.07, 6.45) is 4.10. The molecule has 0 bridgehead atoms. The molecule has 2 aliphatic rings. The van der Waals surface area contributed by atoms with Crippen LogP contribution in [0.4, 0.5) is 0 Å². The molecule has 1 aliphatic carbocycles. The first-order chi connectivity index (χ1) is 16.5. The van der Waals surface area contributed by atoms with Crippen molar-refractivity contribution >= 4 is 45.1 Å². The zero-order valence-electron chi connectivity index (χ0n) is 18.5. The molecular formula is C26H21N3O3S2. The van der Waals surface area contributed by atoms with Crippen molar-refractivity contribution in [3.05, 3.63) is 86.0 Å². The average Bonchev–Trinajstić information content (AvgIpc) is 3.34. The SMILES string of the molecule is Cc1ccc(-n2c(SCN3C(=O)c4ccccc4C3=O)nc3sc4c(c3c2=O)CCCC4)cc1.